The summed E-state index contributed by atoms with van der Waals surface area (Å²) >= 11 is 5.24. The molecule has 0 spiro atoms. The van der Waals surface area contributed by atoms with Gasteiger partial charge >= 0.3 is 6.03 Å². The number of halogens is 1. The Morgan fingerprint density at radius 2 is 1.81 bits per heavy atom. The van der Waals surface area contributed by atoms with Crippen molar-refractivity contribution in [2.45, 2.75) is 13.0 Å². The predicted octanol–water partition coefficient (Wildman–Crippen LogP) is 1.59. The molecule has 0 aromatic carbocycles. The summed E-state index contributed by atoms with van der Waals surface area (Å²) < 4.78 is 6.39. The van der Waals surface area contributed by atoms with E-state index in [1.807, 2.05) is 4.90 Å². The average molecular weight is 445 g/mol. The molecular weight excluding hydrogens is 420 g/mol. The summed E-state index contributed by atoms with van der Waals surface area (Å²) in [6.45, 7) is 7.00. The van der Waals surface area contributed by atoms with Gasteiger partial charge in [0.25, 0.3) is 0 Å². The fourth-order valence-electron chi connectivity index (χ4n) is 3.13. The third-order valence-electron chi connectivity index (χ3n) is 4.65. The van der Waals surface area contributed by atoms with Crippen LogP contribution in [0.3, 0.4) is 0 Å². The molecule has 0 atom stereocenters. The lowest BCUT2D eigenvalue weighted by atomic mass is 10.3. The van der Waals surface area contributed by atoms with Crippen molar-refractivity contribution in [3.05, 3.63) is 20.8 Å². The summed E-state index contributed by atoms with van der Waals surface area (Å²) in [5.41, 5.74) is 0. The minimum atomic E-state index is -0.0710. The molecule has 2 aliphatic rings. The minimum absolute atomic E-state index is 0.0710. The molecule has 0 unspecified atom stereocenters. The van der Waals surface area contributed by atoms with Crippen LogP contribution in [0.2, 0.25) is 0 Å². The molecule has 0 saturated carbocycles. The Hall–Kier alpha value is -1.16. The van der Waals surface area contributed by atoms with Crippen LogP contribution in [0.4, 0.5) is 4.79 Å². The standard InChI is InChI=1S/C17H25BrN4O3S/c18-15-2-1-14(26-15)13-20-5-7-22(8-6-20)17(24)19-4-3-16(23)21-9-11-25-12-10-21/h1-2H,3-13H2,(H,19,24). The van der Waals surface area contributed by atoms with Crippen LogP contribution in [0, 0.1) is 0 Å². The van der Waals surface area contributed by atoms with E-state index in [4.69, 9.17) is 4.74 Å². The van der Waals surface area contributed by atoms with Gasteiger partial charge in [-0.05, 0) is 28.1 Å². The number of morpholine rings is 1. The average Bonchev–Trinajstić information content (AvgIpc) is 3.07. The molecule has 2 aliphatic heterocycles. The Balaban J connectivity index is 1.32. The first-order valence-corrected chi connectivity index (χ1v) is 10.6. The molecular formula is C17H25BrN4O3S. The van der Waals surface area contributed by atoms with Crippen molar-refractivity contribution < 1.29 is 14.3 Å². The number of hydrogen-bond donors (Lipinski definition) is 1. The van der Waals surface area contributed by atoms with E-state index in [1.165, 1.54) is 4.88 Å². The molecule has 0 radical (unpaired) electrons. The van der Waals surface area contributed by atoms with Gasteiger partial charge in [-0.3, -0.25) is 9.69 Å². The molecule has 3 rings (SSSR count). The van der Waals surface area contributed by atoms with Crippen molar-refractivity contribution in [2.75, 3.05) is 59.0 Å². The summed E-state index contributed by atoms with van der Waals surface area (Å²) in [7, 11) is 0. The smallest absolute Gasteiger partial charge is 0.317 e. The summed E-state index contributed by atoms with van der Waals surface area (Å²) in [6.07, 6.45) is 0.346. The zero-order chi connectivity index (χ0) is 18.4. The number of amides is 3. The molecule has 0 aliphatic carbocycles. The summed E-state index contributed by atoms with van der Waals surface area (Å²) in [6, 6.07) is 4.14. The number of piperazine rings is 1. The lowest BCUT2D eigenvalue weighted by molar-refractivity contribution is -0.135. The maximum atomic E-state index is 12.3. The first-order valence-electron chi connectivity index (χ1n) is 8.96. The SMILES string of the molecule is O=C(CCNC(=O)N1CCN(Cc2ccc(Br)s2)CC1)N1CCOCC1. The van der Waals surface area contributed by atoms with E-state index in [9.17, 15) is 9.59 Å². The van der Waals surface area contributed by atoms with Gasteiger partial charge in [0, 0.05) is 63.7 Å². The van der Waals surface area contributed by atoms with Crippen molar-refractivity contribution in [3.8, 4) is 0 Å². The van der Waals surface area contributed by atoms with Crippen molar-refractivity contribution in [1.82, 2.24) is 20.0 Å². The number of thiophene rings is 1. The summed E-state index contributed by atoms with van der Waals surface area (Å²) in [5, 5.41) is 2.88. The lowest BCUT2D eigenvalue weighted by Crippen LogP contribution is -2.51. The molecule has 7 nitrogen and oxygen atoms in total. The summed E-state index contributed by atoms with van der Waals surface area (Å²) in [5.74, 6) is 0.0838. The highest BCUT2D eigenvalue weighted by Gasteiger charge is 2.22. The number of nitrogens with zero attached hydrogens (tertiary/aromatic N) is 3. The second kappa shape index (κ2) is 9.68. The normalized spacial score (nSPS) is 18.8. The van der Waals surface area contributed by atoms with Gasteiger partial charge in [-0.1, -0.05) is 0 Å². The van der Waals surface area contributed by atoms with Crippen LogP contribution in [-0.2, 0) is 16.1 Å². The number of hydrogen-bond acceptors (Lipinski definition) is 5. The topological polar surface area (TPSA) is 65.1 Å². The van der Waals surface area contributed by atoms with Gasteiger partial charge in [0.15, 0.2) is 0 Å². The fourth-order valence-corrected chi connectivity index (χ4v) is 4.65. The number of urea groups is 1. The van der Waals surface area contributed by atoms with Crippen molar-refractivity contribution in [1.29, 1.82) is 0 Å². The molecule has 2 fully saturated rings. The molecule has 2 saturated heterocycles. The first-order chi connectivity index (χ1) is 12.6. The van der Waals surface area contributed by atoms with Crippen molar-refractivity contribution >= 4 is 39.2 Å². The van der Waals surface area contributed by atoms with Gasteiger partial charge in [0.2, 0.25) is 5.91 Å². The van der Waals surface area contributed by atoms with Crippen molar-refractivity contribution in [3.63, 3.8) is 0 Å². The van der Waals surface area contributed by atoms with E-state index in [0.29, 0.717) is 39.3 Å². The van der Waals surface area contributed by atoms with E-state index >= 15 is 0 Å². The van der Waals surface area contributed by atoms with Crippen molar-refractivity contribution in [2.24, 2.45) is 0 Å². The Morgan fingerprint density at radius 3 is 2.46 bits per heavy atom. The molecule has 26 heavy (non-hydrogen) atoms. The highest BCUT2D eigenvalue weighted by molar-refractivity contribution is 9.11. The minimum Gasteiger partial charge on any atom is -0.378 e. The van der Waals surface area contributed by atoms with E-state index < -0.39 is 0 Å². The zero-order valence-corrected chi connectivity index (χ0v) is 17.2. The van der Waals surface area contributed by atoms with Crippen LogP contribution in [0.15, 0.2) is 15.9 Å². The third kappa shape index (κ3) is 5.67. The molecule has 1 aromatic heterocycles. The number of ether oxygens (including phenoxy) is 1. The highest BCUT2D eigenvalue weighted by atomic mass is 79.9. The van der Waals surface area contributed by atoms with E-state index in [2.05, 4.69) is 38.3 Å². The number of carbonyl (C=O) groups excluding carboxylic acids is 2. The summed E-state index contributed by atoms with van der Waals surface area (Å²) in [4.78, 5) is 31.7. The predicted molar refractivity (Wildman–Crippen MR) is 104 cm³/mol. The van der Waals surface area contributed by atoms with Crippen LogP contribution in [0.5, 0.6) is 0 Å². The van der Waals surface area contributed by atoms with Crippen LogP contribution in [0.1, 0.15) is 11.3 Å². The van der Waals surface area contributed by atoms with E-state index in [1.54, 1.807) is 16.2 Å². The second-order valence-corrected chi connectivity index (χ2v) is 8.99. The fraction of sp³-hybridized carbons (Fsp3) is 0.647. The lowest BCUT2D eigenvalue weighted by Gasteiger charge is -2.34. The highest BCUT2D eigenvalue weighted by Crippen LogP contribution is 2.23. The van der Waals surface area contributed by atoms with Gasteiger partial charge in [-0.2, -0.15) is 0 Å². The molecule has 3 heterocycles. The Bertz CT molecular complexity index is 613. The van der Waals surface area contributed by atoms with Crippen LogP contribution in [0.25, 0.3) is 0 Å². The van der Waals surface area contributed by atoms with Crippen LogP contribution >= 0.6 is 27.3 Å². The zero-order valence-electron chi connectivity index (χ0n) is 14.8. The number of carbonyl (C=O) groups is 2. The largest absolute Gasteiger partial charge is 0.378 e. The number of rotatable bonds is 5. The van der Waals surface area contributed by atoms with Gasteiger partial charge in [-0.15, -0.1) is 11.3 Å². The first kappa shape index (κ1) is 19.6. The monoisotopic (exact) mass is 444 g/mol. The van der Waals surface area contributed by atoms with E-state index in [-0.39, 0.29) is 11.9 Å². The van der Waals surface area contributed by atoms with Gasteiger partial charge in [0.1, 0.15) is 0 Å². The number of nitrogens with one attached hydrogen (secondary N) is 1. The third-order valence-corrected chi connectivity index (χ3v) is 6.26. The molecule has 1 aromatic rings. The molecule has 9 heteroatoms. The van der Waals surface area contributed by atoms with Gasteiger partial charge < -0.3 is 19.9 Å². The quantitative estimate of drug-likeness (QED) is 0.748. The second-order valence-electron chi connectivity index (χ2n) is 6.44. The Labute approximate surface area is 166 Å². The van der Waals surface area contributed by atoms with Gasteiger partial charge in [0.05, 0.1) is 17.0 Å². The maximum absolute atomic E-state index is 12.3. The van der Waals surface area contributed by atoms with Crippen LogP contribution in [-0.4, -0.2) is 85.7 Å². The maximum Gasteiger partial charge on any atom is 0.317 e. The molecule has 1 N–H and O–H groups in total. The Morgan fingerprint density at radius 1 is 1.08 bits per heavy atom. The van der Waals surface area contributed by atoms with Crippen LogP contribution < -0.4 is 5.32 Å². The van der Waals surface area contributed by atoms with Gasteiger partial charge in [-0.25, -0.2) is 4.79 Å². The molecule has 3 amide bonds. The molecule has 0 bridgehead atoms. The molecule has 144 valence electrons. The van der Waals surface area contributed by atoms with E-state index in [0.717, 1.165) is 36.5 Å². The Kier molecular flexibility index (Phi) is 7.30.